The number of hydrogen-bond acceptors (Lipinski definition) is 3. The highest BCUT2D eigenvalue weighted by atomic mass is 35.5. The van der Waals surface area contributed by atoms with E-state index in [-0.39, 0.29) is 30.0 Å². The summed E-state index contributed by atoms with van der Waals surface area (Å²) in [5, 5.41) is 3.34. The van der Waals surface area contributed by atoms with Gasteiger partial charge in [-0.2, -0.15) is 0 Å². The van der Waals surface area contributed by atoms with E-state index in [0.29, 0.717) is 5.91 Å². The van der Waals surface area contributed by atoms with Gasteiger partial charge in [-0.1, -0.05) is 0 Å². The molecule has 0 aromatic heterocycles. The summed E-state index contributed by atoms with van der Waals surface area (Å²) in [6, 6.07) is 0. The molecular weight excluding hydrogens is 252 g/mol. The lowest BCUT2D eigenvalue weighted by atomic mass is 9.81. The molecule has 0 radical (unpaired) electrons. The van der Waals surface area contributed by atoms with Crippen molar-refractivity contribution in [3.63, 3.8) is 0 Å². The summed E-state index contributed by atoms with van der Waals surface area (Å²) in [7, 11) is 0. The lowest BCUT2D eigenvalue weighted by Gasteiger charge is -2.42. The third-order valence-corrected chi connectivity index (χ3v) is 3.82. The predicted octanol–water partition coefficient (Wildman–Crippen LogP) is 1.43. The van der Waals surface area contributed by atoms with Gasteiger partial charge in [0.1, 0.15) is 0 Å². The Morgan fingerprint density at radius 3 is 2.44 bits per heavy atom. The molecule has 2 rings (SSSR count). The van der Waals surface area contributed by atoms with E-state index in [1.54, 1.807) is 0 Å². The van der Waals surface area contributed by atoms with Crippen LogP contribution in [0.25, 0.3) is 0 Å². The fourth-order valence-corrected chi connectivity index (χ4v) is 2.96. The van der Waals surface area contributed by atoms with Crippen LogP contribution >= 0.6 is 12.4 Å². The van der Waals surface area contributed by atoms with Crippen molar-refractivity contribution < 1.29 is 9.53 Å². The van der Waals surface area contributed by atoms with Gasteiger partial charge < -0.3 is 15.0 Å². The first-order chi connectivity index (χ1) is 8.01. The lowest BCUT2D eigenvalue weighted by molar-refractivity contribution is -0.153. The number of nitrogens with one attached hydrogen (secondary N) is 1. The maximum Gasteiger partial charge on any atom is 0.229 e. The first-order valence-corrected chi connectivity index (χ1v) is 6.67. The van der Waals surface area contributed by atoms with E-state index in [9.17, 15) is 4.79 Å². The number of carbonyl (C=O) groups excluding carboxylic acids is 1. The van der Waals surface area contributed by atoms with E-state index < -0.39 is 0 Å². The van der Waals surface area contributed by atoms with Crippen LogP contribution in [0.4, 0.5) is 0 Å². The van der Waals surface area contributed by atoms with Crippen molar-refractivity contribution >= 4 is 18.3 Å². The van der Waals surface area contributed by atoms with Gasteiger partial charge in [0.25, 0.3) is 0 Å². The van der Waals surface area contributed by atoms with Gasteiger partial charge in [-0.3, -0.25) is 4.79 Å². The van der Waals surface area contributed by atoms with Crippen LogP contribution in [0.15, 0.2) is 0 Å². The molecule has 0 bridgehead atoms. The Hall–Kier alpha value is -0.320. The van der Waals surface area contributed by atoms with Crippen molar-refractivity contribution in [1.82, 2.24) is 10.2 Å². The molecule has 0 aromatic carbocycles. The van der Waals surface area contributed by atoms with Crippen molar-refractivity contribution in [3.05, 3.63) is 0 Å². The summed E-state index contributed by atoms with van der Waals surface area (Å²) in [4.78, 5) is 14.6. The van der Waals surface area contributed by atoms with Crippen LogP contribution < -0.4 is 5.32 Å². The largest absolute Gasteiger partial charge is 0.372 e. The molecule has 0 aliphatic carbocycles. The van der Waals surface area contributed by atoms with Gasteiger partial charge in [-0.05, 0) is 40.2 Å². The number of ether oxygens (including phenoxy) is 1. The van der Waals surface area contributed by atoms with Crippen molar-refractivity contribution in [2.24, 2.45) is 5.41 Å². The molecular formula is C13H25ClN2O2. The molecule has 0 saturated carbocycles. The zero-order chi connectivity index (χ0) is 12.5. The minimum absolute atomic E-state index is 0. The van der Waals surface area contributed by atoms with Crippen LogP contribution in [-0.4, -0.2) is 49.2 Å². The normalized spacial score (nSPS) is 36.9. The van der Waals surface area contributed by atoms with E-state index in [4.69, 9.17) is 4.74 Å². The Morgan fingerprint density at radius 2 is 1.94 bits per heavy atom. The van der Waals surface area contributed by atoms with Crippen molar-refractivity contribution in [3.8, 4) is 0 Å². The zero-order valence-corrected chi connectivity index (χ0v) is 12.4. The van der Waals surface area contributed by atoms with Crippen LogP contribution in [0.5, 0.6) is 0 Å². The zero-order valence-electron chi connectivity index (χ0n) is 11.6. The number of morpholine rings is 1. The number of amides is 1. The number of halogens is 1. The van der Waals surface area contributed by atoms with Crippen molar-refractivity contribution in [2.45, 2.75) is 45.8 Å². The van der Waals surface area contributed by atoms with E-state index >= 15 is 0 Å². The Balaban J connectivity index is 0.00000162. The fourth-order valence-electron chi connectivity index (χ4n) is 2.96. The van der Waals surface area contributed by atoms with Crippen LogP contribution in [0.2, 0.25) is 0 Å². The number of nitrogens with zero attached hydrogens (tertiary/aromatic N) is 1. The van der Waals surface area contributed by atoms with E-state index in [1.807, 2.05) is 18.7 Å². The molecule has 5 heteroatoms. The molecule has 3 unspecified atom stereocenters. The second-order valence-corrected chi connectivity index (χ2v) is 5.81. The van der Waals surface area contributed by atoms with E-state index in [2.05, 4.69) is 12.2 Å². The topological polar surface area (TPSA) is 41.6 Å². The van der Waals surface area contributed by atoms with Gasteiger partial charge in [0, 0.05) is 19.6 Å². The second-order valence-electron chi connectivity index (χ2n) is 5.81. The fraction of sp³-hybridized carbons (Fsp3) is 0.923. The summed E-state index contributed by atoms with van der Waals surface area (Å²) in [5.41, 5.74) is -0.213. The number of carbonyl (C=O) groups is 1. The molecule has 1 amide bonds. The molecule has 2 heterocycles. The SMILES string of the molecule is CC1CN(C(=O)C2(C)CCCNC2)CC(C)O1.Cl. The average Bonchev–Trinajstić information content (AvgIpc) is 2.27. The minimum Gasteiger partial charge on any atom is -0.372 e. The maximum absolute atomic E-state index is 12.6. The van der Waals surface area contributed by atoms with Crippen molar-refractivity contribution in [1.29, 1.82) is 0 Å². The summed E-state index contributed by atoms with van der Waals surface area (Å²) < 4.78 is 5.68. The summed E-state index contributed by atoms with van der Waals surface area (Å²) in [6.07, 6.45) is 2.40. The summed E-state index contributed by atoms with van der Waals surface area (Å²) >= 11 is 0. The molecule has 18 heavy (non-hydrogen) atoms. The maximum atomic E-state index is 12.6. The van der Waals surface area contributed by atoms with Gasteiger partial charge in [0.05, 0.1) is 17.6 Å². The third kappa shape index (κ3) is 3.37. The summed E-state index contributed by atoms with van der Waals surface area (Å²) in [6.45, 7) is 9.49. The van der Waals surface area contributed by atoms with Gasteiger partial charge in [-0.25, -0.2) is 0 Å². The molecule has 3 atom stereocenters. The van der Waals surface area contributed by atoms with Crippen molar-refractivity contribution in [2.75, 3.05) is 26.2 Å². The van der Waals surface area contributed by atoms with E-state index in [0.717, 1.165) is 39.0 Å². The molecule has 2 saturated heterocycles. The highest BCUT2D eigenvalue weighted by Crippen LogP contribution is 2.29. The van der Waals surface area contributed by atoms with Crippen LogP contribution in [0.1, 0.15) is 33.6 Å². The molecule has 2 aliphatic heterocycles. The quantitative estimate of drug-likeness (QED) is 0.788. The van der Waals surface area contributed by atoms with Gasteiger partial charge in [0.15, 0.2) is 0 Å². The Labute approximate surface area is 116 Å². The highest BCUT2D eigenvalue weighted by Gasteiger charge is 2.39. The van der Waals surface area contributed by atoms with E-state index in [1.165, 1.54) is 0 Å². The molecule has 0 spiro atoms. The predicted molar refractivity (Wildman–Crippen MR) is 74.0 cm³/mol. The van der Waals surface area contributed by atoms with Gasteiger partial charge in [-0.15, -0.1) is 12.4 Å². The molecule has 2 fully saturated rings. The average molecular weight is 277 g/mol. The molecule has 4 nitrogen and oxygen atoms in total. The number of hydrogen-bond donors (Lipinski definition) is 1. The molecule has 0 aromatic rings. The van der Waals surface area contributed by atoms with Gasteiger partial charge in [0.2, 0.25) is 5.91 Å². The van der Waals surface area contributed by atoms with Gasteiger partial charge >= 0.3 is 0 Å². The first kappa shape index (κ1) is 15.7. The number of piperidine rings is 1. The smallest absolute Gasteiger partial charge is 0.229 e. The third-order valence-electron chi connectivity index (χ3n) is 3.82. The van der Waals surface area contributed by atoms with Crippen LogP contribution in [0.3, 0.4) is 0 Å². The minimum atomic E-state index is -0.213. The highest BCUT2D eigenvalue weighted by molar-refractivity contribution is 5.85. The first-order valence-electron chi connectivity index (χ1n) is 6.67. The number of rotatable bonds is 1. The Kier molecular flexibility index (Phi) is 5.44. The monoisotopic (exact) mass is 276 g/mol. The molecule has 2 aliphatic rings. The summed E-state index contributed by atoms with van der Waals surface area (Å²) in [5.74, 6) is 0.298. The Bertz CT molecular complexity index is 283. The second kappa shape index (κ2) is 6.22. The molecule has 1 N–H and O–H groups in total. The molecule has 106 valence electrons. The lowest BCUT2D eigenvalue weighted by Crippen LogP contribution is -2.55. The Morgan fingerprint density at radius 1 is 1.33 bits per heavy atom. The standard InChI is InChI=1S/C13H24N2O2.ClH/c1-10-7-15(8-11(2)17-10)12(16)13(3)5-4-6-14-9-13;/h10-11,14H,4-9H2,1-3H3;1H. The van der Waals surface area contributed by atoms with Crippen LogP contribution in [-0.2, 0) is 9.53 Å². The van der Waals surface area contributed by atoms with Crippen LogP contribution in [0, 0.1) is 5.41 Å².